The van der Waals surface area contributed by atoms with Gasteiger partial charge in [0.15, 0.2) is 4.96 Å². The Hall–Kier alpha value is -2.68. The summed E-state index contributed by atoms with van der Waals surface area (Å²) >= 11 is 1.54. The van der Waals surface area contributed by atoms with Crippen molar-refractivity contribution in [1.29, 1.82) is 0 Å². The zero-order valence-corrected chi connectivity index (χ0v) is 12.5. The van der Waals surface area contributed by atoms with Crippen molar-refractivity contribution < 1.29 is 4.79 Å². The van der Waals surface area contributed by atoms with Crippen molar-refractivity contribution >= 4 is 22.2 Å². The van der Waals surface area contributed by atoms with Crippen molar-refractivity contribution in [3.63, 3.8) is 0 Å². The summed E-state index contributed by atoms with van der Waals surface area (Å²) in [5, 5.41) is 4.60. The number of hydrogen-bond acceptors (Lipinski definition) is 5. The van der Waals surface area contributed by atoms with Gasteiger partial charge in [-0.05, 0) is 0 Å². The van der Waals surface area contributed by atoms with E-state index in [1.165, 1.54) is 24.6 Å². The number of aryl methyl sites for hydroxylation is 1. The molecule has 0 radical (unpaired) electrons. The molecule has 0 fully saturated rings. The van der Waals surface area contributed by atoms with Gasteiger partial charge < -0.3 is 9.88 Å². The van der Waals surface area contributed by atoms with Crippen molar-refractivity contribution in [2.75, 3.05) is 6.54 Å². The number of nitrogens with one attached hydrogen (secondary N) is 2. The molecule has 0 saturated carbocycles. The minimum absolute atomic E-state index is 0.0899. The Balaban J connectivity index is 1.65. The molecule has 3 heterocycles. The van der Waals surface area contributed by atoms with Gasteiger partial charge in [0.25, 0.3) is 11.5 Å². The van der Waals surface area contributed by atoms with E-state index in [2.05, 4.69) is 15.3 Å². The third kappa shape index (κ3) is 2.70. The largest absolute Gasteiger partial charge is 0.351 e. The Bertz CT molecular complexity index is 920. The van der Waals surface area contributed by atoms with Gasteiger partial charge in [-0.15, -0.1) is 11.3 Å². The first-order valence-corrected chi connectivity index (χ1v) is 7.42. The molecule has 0 spiro atoms. The lowest BCUT2D eigenvalue weighted by molar-refractivity contribution is 0.0951. The van der Waals surface area contributed by atoms with Crippen molar-refractivity contribution in [3.8, 4) is 0 Å². The molecular weight excluding hydrogens is 306 g/mol. The first-order valence-electron chi connectivity index (χ1n) is 6.54. The van der Waals surface area contributed by atoms with E-state index >= 15 is 0 Å². The van der Waals surface area contributed by atoms with Gasteiger partial charge in [-0.3, -0.25) is 19.0 Å². The van der Waals surface area contributed by atoms with Crippen LogP contribution in [0.3, 0.4) is 0 Å². The lowest BCUT2D eigenvalue weighted by Crippen LogP contribution is -2.36. The Kier molecular flexibility index (Phi) is 3.63. The second kappa shape index (κ2) is 5.60. The lowest BCUT2D eigenvalue weighted by Gasteiger charge is -2.04. The number of hydrogen-bond donors (Lipinski definition) is 2. The Morgan fingerprint density at radius 1 is 1.41 bits per heavy atom. The highest BCUT2D eigenvalue weighted by molar-refractivity contribution is 7.15. The summed E-state index contributed by atoms with van der Waals surface area (Å²) in [6, 6.07) is 0. The Morgan fingerprint density at radius 3 is 3.00 bits per heavy atom. The average Bonchev–Trinajstić information content (AvgIpc) is 3.03. The minimum atomic E-state index is -0.692. The fourth-order valence-electron chi connectivity index (χ4n) is 2.02. The summed E-state index contributed by atoms with van der Waals surface area (Å²) in [6.07, 6.45) is 5.60. The number of aromatic amines is 1. The van der Waals surface area contributed by atoms with Gasteiger partial charge in [0.2, 0.25) is 0 Å². The molecule has 0 bridgehead atoms. The van der Waals surface area contributed by atoms with Crippen LogP contribution in [-0.2, 0) is 13.5 Å². The van der Waals surface area contributed by atoms with Crippen LogP contribution in [0.25, 0.3) is 4.96 Å². The molecule has 0 unspecified atom stereocenters. The zero-order valence-electron chi connectivity index (χ0n) is 11.7. The first-order chi connectivity index (χ1) is 10.5. The van der Waals surface area contributed by atoms with Crippen molar-refractivity contribution in [3.05, 3.63) is 56.1 Å². The number of H-pyrrole nitrogens is 1. The van der Waals surface area contributed by atoms with E-state index in [0.717, 1.165) is 15.2 Å². The number of aromatic nitrogens is 4. The molecule has 0 aliphatic heterocycles. The van der Waals surface area contributed by atoms with Crippen molar-refractivity contribution in [1.82, 2.24) is 24.3 Å². The lowest BCUT2D eigenvalue weighted by atomic mass is 10.3. The number of carbonyl (C=O) groups is 1. The van der Waals surface area contributed by atoms with Crippen LogP contribution in [0.5, 0.6) is 0 Å². The molecule has 0 aliphatic carbocycles. The molecule has 3 rings (SSSR count). The van der Waals surface area contributed by atoms with E-state index in [4.69, 9.17) is 0 Å². The Morgan fingerprint density at radius 2 is 2.23 bits per heavy atom. The van der Waals surface area contributed by atoms with Gasteiger partial charge in [-0.25, -0.2) is 9.78 Å². The summed E-state index contributed by atoms with van der Waals surface area (Å²) in [6.45, 7) is 0.353. The smallest absolute Gasteiger partial charge is 0.328 e. The molecule has 3 aromatic rings. The van der Waals surface area contributed by atoms with Gasteiger partial charge in [0.1, 0.15) is 5.56 Å². The summed E-state index contributed by atoms with van der Waals surface area (Å²) in [5.74, 6) is -0.516. The van der Waals surface area contributed by atoms with Gasteiger partial charge in [0.05, 0.1) is 5.69 Å². The SMILES string of the molecule is Cn1cc(C(=O)NCCc2cn3ccsc3n2)c(=O)[nH]c1=O. The fourth-order valence-corrected chi connectivity index (χ4v) is 2.74. The maximum Gasteiger partial charge on any atom is 0.328 e. The van der Waals surface area contributed by atoms with E-state index in [-0.39, 0.29) is 5.56 Å². The second-order valence-corrected chi connectivity index (χ2v) is 5.62. The van der Waals surface area contributed by atoms with E-state index in [0.29, 0.717) is 13.0 Å². The van der Waals surface area contributed by atoms with E-state index in [9.17, 15) is 14.4 Å². The number of nitrogens with zero attached hydrogens (tertiary/aromatic N) is 3. The third-order valence-corrected chi connectivity index (χ3v) is 3.93. The molecule has 2 N–H and O–H groups in total. The fraction of sp³-hybridized carbons (Fsp3) is 0.231. The number of amides is 1. The van der Waals surface area contributed by atoms with E-state index in [1.807, 2.05) is 22.2 Å². The Labute approximate surface area is 128 Å². The number of imidazole rings is 1. The topological polar surface area (TPSA) is 101 Å². The first kappa shape index (κ1) is 14.3. The van der Waals surface area contributed by atoms with Crippen LogP contribution in [0.15, 0.2) is 33.6 Å². The average molecular weight is 319 g/mol. The van der Waals surface area contributed by atoms with Crippen molar-refractivity contribution in [2.45, 2.75) is 6.42 Å². The van der Waals surface area contributed by atoms with Crippen LogP contribution in [0.4, 0.5) is 0 Å². The predicted molar refractivity (Wildman–Crippen MR) is 81.4 cm³/mol. The predicted octanol–water partition coefficient (Wildman–Crippen LogP) is -0.245. The number of fused-ring (bicyclic) bond motifs is 1. The quantitative estimate of drug-likeness (QED) is 0.692. The summed E-state index contributed by atoms with van der Waals surface area (Å²) in [4.78, 5) is 42.2. The van der Waals surface area contributed by atoms with Crippen LogP contribution < -0.4 is 16.6 Å². The molecule has 22 heavy (non-hydrogen) atoms. The highest BCUT2D eigenvalue weighted by Crippen LogP contribution is 2.11. The van der Waals surface area contributed by atoms with Crippen LogP contribution in [-0.4, -0.2) is 31.4 Å². The molecular formula is C13H13N5O3S. The molecule has 0 saturated heterocycles. The molecule has 0 aromatic carbocycles. The van der Waals surface area contributed by atoms with Crippen LogP contribution in [0.2, 0.25) is 0 Å². The molecule has 1 amide bonds. The highest BCUT2D eigenvalue weighted by Gasteiger charge is 2.12. The number of carbonyl (C=O) groups excluding carboxylic acids is 1. The highest BCUT2D eigenvalue weighted by atomic mass is 32.1. The molecule has 9 heteroatoms. The maximum atomic E-state index is 12.0. The van der Waals surface area contributed by atoms with Gasteiger partial charge in [-0.1, -0.05) is 0 Å². The third-order valence-electron chi connectivity index (χ3n) is 3.16. The van der Waals surface area contributed by atoms with Crippen LogP contribution in [0.1, 0.15) is 16.1 Å². The van der Waals surface area contributed by atoms with Gasteiger partial charge >= 0.3 is 5.69 Å². The maximum absolute atomic E-state index is 12.0. The van der Waals surface area contributed by atoms with Gasteiger partial charge in [-0.2, -0.15) is 0 Å². The second-order valence-electron chi connectivity index (χ2n) is 4.74. The van der Waals surface area contributed by atoms with Gasteiger partial charge in [0, 0.05) is 44.0 Å². The van der Waals surface area contributed by atoms with E-state index in [1.54, 1.807) is 0 Å². The van der Waals surface area contributed by atoms with Crippen LogP contribution >= 0.6 is 11.3 Å². The molecule has 114 valence electrons. The number of rotatable bonds is 4. The normalized spacial score (nSPS) is 11.0. The summed E-state index contributed by atoms with van der Waals surface area (Å²) in [7, 11) is 1.47. The minimum Gasteiger partial charge on any atom is -0.351 e. The van der Waals surface area contributed by atoms with Crippen LogP contribution in [0, 0.1) is 0 Å². The standard InChI is InChI=1S/C13H13N5O3S/c1-17-7-9(11(20)16-12(17)21)10(19)14-3-2-8-6-18-4-5-22-13(18)15-8/h4-7H,2-3H2,1H3,(H,14,19)(H,16,20,21). The summed E-state index contributed by atoms with van der Waals surface area (Å²) < 4.78 is 3.07. The number of thiazole rings is 1. The monoisotopic (exact) mass is 319 g/mol. The van der Waals surface area contributed by atoms with E-state index < -0.39 is 17.2 Å². The van der Waals surface area contributed by atoms with Crippen molar-refractivity contribution in [2.24, 2.45) is 7.05 Å². The molecule has 3 aromatic heterocycles. The molecule has 0 atom stereocenters. The summed E-state index contributed by atoms with van der Waals surface area (Å²) in [5.41, 5.74) is -0.475. The zero-order chi connectivity index (χ0) is 15.7. The molecule has 0 aliphatic rings. The molecule has 8 nitrogen and oxygen atoms in total.